The van der Waals surface area contributed by atoms with E-state index in [4.69, 9.17) is 0 Å². The van der Waals surface area contributed by atoms with Crippen LogP contribution < -0.4 is 0 Å². The van der Waals surface area contributed by atoms with Crippen LogP contribution in [0.1, 0.15) is 40.5 Å². The molecule has 28 heavy (non-hydrogen) atoms. The van der Waals surface area contributed by atoms with Crippen LogP contribution in [0, 0.1) is 11.8 Å². The van der Waals surface area contributed by atoms with Crippen LogP contribution in [-0.2, 0) is 0 Å². The smallest absolute Gasteiger partial charge is 0.253 e. The van der Waals surface area contributed by atoms with Gasteiger partial charge in [-0.1, -0.05) is 36.4 Å². The Morgan fingerprint density at radius 3 is 2.04 bits per heavy atom. The summed E-state index contributed by atoms with van der Waals surface area (Å²) in [7, 11) is 0. The molecule has 1 heterocycles. The summed E-state index contributed by atoms with van der Waals surface area (Å²) in [6, 6.07) is 14.8. The predicted molar refractivity (Wildman–Crippen MR) is 106 cm³/mol. The van der Waals surface area contributed by atoms with Crippen LogP contribution >= 0.6 is 0 Å². The molecular weight excluding hydrogens is 354 g/mol. The molecule has 1 aliphatic carbocycles. The average Bonchev–Trinajstić information content (AvgIpc) is 3.10. The third kappa shape index (κ3) is 3.48. The second kappa shape index (κ2) is 7.49. The Kier molecular flexibility index (Phi) is 5.04. The van der Waals surface area contributed by atoms with Crippen LogP contribution in [0.5, 0.6) is 0 Å². The Bertz CT molecular complexity index is 874. The fourth-order valence-electron chi connectivity index (χ4n) is 4.59. The average molecular weight is 379 g/mol. The van der Waals surface area contributed by atoms with E-state index in [0.29, 0.717) is 37.1 Å². The largest absolute Gasteiger partial charge is 0.390 e. The maximum absolute atomic E-state index is 12.9. The summed E-state index contributed by atoms with van der Waals surface area (Å²) < 4.78 is 0. The van der Waals surface area contributed by atoms with Crippen molar-refractivity contribution in [2.75, 3.05) is 13.1 Å². The highest BCUT2D eigenvalue weighted by Gasteiger charge is 2.42. The Balaban J connectivity index is 1.51. The number of carbonyl (C=O) groups excluding carboxylic acids is 2. The number of hydrogen-bond acceptors (Lipinski definition) is 4. The van der Waals surface area contributed by atoms with E-state index in [1.807, 2.05) is 41.3 Å². The first-order chi connectivity index (χ1) is 13.4. The van der Waals surface area contributed by atoms with Crippen molar-refractivity contribution < 1.29 is 19.8 Å². The molecule has 0 spiro atoms. The minimum atomic E-state index is -0.683. The van der Waals surface area contributed by atoms with Gasteiger partial charge in [-0.15, -0.1) is 0 Å². The van der Waals surface area contributed by atoms with Crippen molar-refractivity contribution in [3.8, 4) is 11.1 Å². The number of amides is 1. The highest BCUT2D eigenvalue weighted by atomic mass is 16.3. The molecule has 5 nitrogen and oxygen atoms in total. The molecule has 2 fully saturated rings. The number of Topliss-reactive ketones (excluding diaryl/α,β-unsaturated/α-hetero) is 1. The van der Waals surface area contributed by atoms with Gasteiger partial charge in [-0.05, 0) is 54.9 Å². The summed E-state index contributed by atoms with van der Waals surface area (Å²) in [6.45, 7) is 2.81. The van der Waals surface area contributed by atoms with Crippen LogP contribution in [0.3, 0.4) is 0 Å². The molecule has 2 aromatic rings. The number of aliphatic hydroxyl groups is 2. The summed E-state index contributed by atoms with van der Waals surface area (Å²) in [5, 5.41) is 19.8. The quantitative estimate of drug-likeness (QED) is 0.804. The number of benzene rings is 2. The normalized spacial score (nSPS) is 26.8. The lowest BCUT2D eigenvalue weighted by Gasteiger charge is -2.31. The van der Waals surface area contributed by atoms with Crippen LogP contribution in [0.2, 0.25) is 0 Å². The van der Waals surface area contributed by atoms with Gasteiger partial charge in [0.05, 0.1) is 12.2 Å². The fourth-order valence-corrected chi connectivity index (χ4v) is 4.59. The zero-order valence-corrected chi connectivity index (χ0v) is 15.9. The van der Waals surface area contributed by atoms with Gasteiger partial charge in [0.2, 0.25) is 0 Å². The lowest BCUT2D eigenvalue weighted by atomic mass is 9.79. The molecule has 5 heteroatoms. The summed E-state index contributed by atoms with van der Waals surface area (Å²) in [5.41, 5.74) is 3.05. The predicted octanol–water partition coefficient (Wildman–Crippen LogP) is 2.76. The first kappa shape index (κ1) is 18.8. The molecule has 0 bridgehead atoms. The van der Waals surface area contributed by atoms with Crippen LogP contribution in [0.25, 0.3) is 11.1 Å². The Morgan fingerprint density at radius 2 is 1.46 bits per heavy atom. The molecule has 1 saturated carbocycles. The lowest BCUT2D eigenvalue weighted by Crippen LogP contribution is -2.38. The van der Waals surface area contributed by atoms with E-state index in [9.17, 15) is 19.8 Å². The zero-order chi connectivity index (χ0) is 19.8. The molecule has 4 rings (SSSR count). The first-order valence-corrected chi connectivity index (χ1v) is 9.80. The summed E-state index contributed by atoms with van der Waals surface area (Å²) in [5.74, 6) is 0.498. The number of likely N-dealkylation sites (tertiary alicyclic amines) is 1. The van der Waals surface area contributed by atoms with E-state index in [-0.39, 0.29) is 23.5 Å². The van der Waals surface area contributed by atoms with Crippen molar-refractivity contribution in [3.05, 3.63) is 59.7 Å². The van der Waals surface area contributed by atoms with E-state index in [1.165, 1.54) is 0 Å². The lowest BCUT2D eigenvalue weighted by molar-refractivity contribution is -0.0372. The molecule has 1 amide bonds. The van der Waals surface area contributed by atoms with Gasteiger partial charge in [0.1, 0.15) is 0 Å². The number of ketones is 1. The molecule has 2 aliphatic rings. The number of aliphatic hydroxyl groups excluding tert-OH is 2. The number of fused-ring (bicyclic) bond motifs is 1. The van der Waals surface area contributed by atoms with E-state index in [0.717, 1.165) is 11.1 Å². The molecule has 1 aliphatic heterocycles. The monoisotopic (exact) mass is 379 g/mol. The third-order valence-corrected chi connectivity index (χ3v) is 6.15. The van der Waals surface area contributed by atoms with Gasteiger partial charge in [-0.25, -0.2) is 0 Å². The third-order valence-electron chi connectivity index (χ3n) is 6.15. The molecule has 146 valence electrons. The molecule has 1 saturated heterocycles. The molecule has 0 unspecified atom stereocenters. The Hall–Kier alpha value is -2.50. The van der Waals surface area contributed by atoms with Gasteiger partial charge in [0, 0.05) is 24.2 Å². The van der Waals surface area contributed by atoms with Gasteiger partial charge in [0.15, 0.2) is 5.78 Å². The van der Waals surface area contributed by atoms with E-state index in [2.05, 4.69) is 0 Å². The van der Waals surface area contributed by atoms with E-state index < -0.39 is 12.2 Å². The molecule has 2 aromatic carbocycles. The second-order valence-electron chi connectivity index (χ2n) is 8.02. The summed E-state index contributed by atoms with van der Waals surface area (Å²) in [4.78, 5) is 26.6. The maximum atomic E-state index is 12.9. The fraction of sp³-hybridized carbons (Fsp3) is 0.391. The van der Waals surface area contributed by atoms with Crippen molar-refractivity contribution in [3.63, 3.8) is 0 Å². The molecule has 0 aromatic heterocycles. The Morgan fingerprint density at radius 1 is 0.893 bits per heavy atom. The Labute approximate surface area is 164 Å². The van der Waals surface area contributed by atoms with Crippen LogP contribution in [0.4, 0.5) is 0 Å². The van der Waals surface area contributed by atoms with Gasteiger partial charge >= 0.3 is 0 Å². The van der Waals surface area contributed by atoms with Crippen LogP contribution in [-0.4, -0.2) is 52.1 Å². The molecular formula is C23H25NO4. The van der Waals surface area contributed by atoms with Gasteiger partial charge in [-0.2, -0.15) is 0 Å². The van der Waals surface area contributed by atoms with Crippen LogP contribution in [0.15, 0.2) is 48.5 Å². The maximum Gasteiger partial charge on any atom is 0.253 e. The minimum Gasteiger partial charge on any atom is -0.390 e. The number of hydrogen-bond donors (Lipinski definition) is 2. The molecule has 2 N–H and O–H groups in total. The SMILES string of the molecule is CC(=O)c1ccccc1-c1ccc(C(=O)N2C[C@H]3C[C@H](O)[C@H](O)C[C@H]3C2)cc1. The number of rotatable bonds is 3. The minimum absolute atomic E-state index is 0.0137. The van der Waals surface area contributed by atoms with Crippen molar-refractivity contribution in [2.24, 2.45) is 11.8 Å². The standard InChI is InChI=1S/C23H25NO4/c1-14(25)19-4-2-3-5-20(19)15-6-8-16(9-7-15)23(28)24-12-17-10-21(26)22(27)11-18(17)13-24/h2-9,17-18,21-22,26-27H,10-13H2,1H3/t17-,18+,21+,22-. The topological polar surface area (TPSA) is 77.8 Å². The van der Waals surface area contributed by atoms with E-state index >= 15 is 0 Å². The van der Waals surface area contributed by atoms with Crippen molar-refractivity contribution in [2.45, 2.75) is 32.0 Å². The summed E-state index contributed by atoms with van der Waals surface area (Å²) >= 11 is 0. The van der Waals surface area contributed by atoms with E-state index in [1.54, 1.807) is 19.1 Å². The zero-order valence-electron chi connectivity index (χ0n) is 15.9. The number of carbonyl (C=O) groups is 2. The highest BCUT2D eigenvalue weighted by molar-refractivity contribution is 6.01. The highest BCUT2D eigenvalue weighted by Crippen LogP contribution is 2.37. The summed E-state index contributed by atoms with van der Waals surface area (Å²) in [6.07, 6.45) is -0.263. The van der Waals surface area contributed by atoms with Crippen molar-refractivity contribution >= 4 is 11.7 Å². The van der Waals surface area contributed by atoms with Crippen molar-refractivity contribution in [1.82, 2.24) is 4.90 Å². The van der Waals surface area contributed by atoms with Gasteiger partial charge in [0.25, 0.3) is 5.91 Å². The second-order valence-corrected chi connectivity index (χ2v) is 8.02. The van der Waals surface area contributed by atoms with Crippen molar-refractivity contribution in [1.29, 1.82) is 0 Å². The van der Waals surface area contributed by atoms with Gasteiger partial charge < -0.3 is 15.1 Å². The number of nitrogens with zero attached hydrogens (tertiary/aromatic N) is 1. The first-order valence-electron chi connectivity index (χ1n) is 9.80. The molecule has 0 radical (unpaired) electrons. The molecule has 4 atom stereocenters. The van der Waals surface area contributed by atoms with Gasteiger partial charge in [-0.3, -0.25) is 9.59 Å².